The van der Waals surface area contributed by atoms with Gasteiger partial charge in [0.25, 0.3) is 0 Å². The molecule has 0 spiro atoms. The van der Waals surface area contributed by atoms with Gasteiger partial charge in [-0.1, -0.05) is 0 Å². The zero-order valence-corrected chi connectivity index (χ0v) is 14.0. The molecule has 0 aliphatic heterocycles. The molecule has 0 aliphatic rings. The quantitative estimate of drug-likeness (QED) is 0.616. The topological polar surface area (TPSA) is 81.0 Å². The number of ether oxygens (including phenoxy) is 1. The molecule has 0 aliphatic carbocycles. The van der Waals surface area contributed by atoms with Gasteiger partial charge < -0.3 is 14.1 Å². The fourth-order valence-electron chi connectivity index (χ4n) is 2.72. The first kappa shape index (κ1) is 14.9. The average molecular weight is 341 g/mol. The smallest absolute Gasteiger partial charge is 0.197 e. The molecule has 7 heteroatoms. The highest BCUT2D eigenvalue weighted by atomic mass is 32.2. The summed E-state index contributed by atoms with van der Waals surface area (Å²) in [5, 5.41) is 1.35. The van der Waals surface area contributed by atoms with E-state index in [-0.39, 0.29) is 5.75 Å². The number of aryl methyl sites for hydroxylation is 1. The first-order chi connectivity index (χ1) is 11.7. The van der Waals surface area contributed by atoms with Crippen LogP contribution >= 0.6 is 0 Å². The number of aromatic amines is 1. The maximum Gasteiger partial charge on any atom is 0.197 e. The maximum atomic E-state index is 12.7. The number of hydrogen-bond donors (Lipinski definition) is 1. The molecule has 1 unspecified atom stereocenters. The number of H-pyrrole nitrogens is 1. The number of imidazole rings is 1. The summed E-state index contributed by atoms with van der Waals surface area (Å²) in [5.74, 6) is 0.998. The zero-order chi connectivity index (χ0) is 16.7. The van der Waals surface area contributed by atoms with E-state index < -0.39 is 10.8 Å². The van der Waals surface area contributed by atoms with Crippen molar-refractivity contribution >= 4 is 32.8 Å². The molecule has 0 amide bonds. The van der Waals surface area contributed by atoms with E-state index in [0.29, 0.717) is 5.16 Å². The van der Waals surface area contributed by atoms with E-state index in [2.05, 4.69) is 15.0 Å². The Kier molecular flexibility index (Phi) is 3.57. The number of pyridine rings is 1. The second kappa shape index (κ2) is 5.76. The van der Waals surface area contributed by atoms with E-state index in [1.54, 1.807) is 19.6 Å². The first-order valence-corrected chi connectivity index (χ1v) is 8.71. The third-order valence-electron chi connectivity index (χ3n) is 3.90. The Morgan fingerprint density at radius 2 is 2.21 bits per heavy atom. The van der Waals surface area contributed by atoms with Crippen molar-refractivity contribution in [3.8, 4) is 5.75 Å². The summed E-state index contributed by atoms with van der Waals surface area (Å²) in [5.41, 5.74) is 4.03. The Balaban J connectivity index is 1.69. The summed E-state index contributed by atoms with van der Waals surface area (Å²) in [7, 11) is 0.272. The van der Waals surface area contributed by atoms with E-state index in [9.17, 15) is 4.21 Å². The molecule has 4 aromatic rings. The van der Waals surface area contributed by atoms with E-state index in [4.69, 9.17) is 9.15 Å². The van der Waals surface area contributed by atoms with Crippen LogP contribution in [0.2, 0.25) is 0 Å². The van der Waals surface area contributed by atoms with Gasteiger partial charge in [-0.15, -0.1) is 0 Å². The number of rotatable bonds is 4. The number of aromatic nitrogens is 3. The molecular formula is C17H15N3O3S. The van der Waals surface area contributed by atoms with Crippen molar-refractivity contribution in [2.45, 2.75) is 17.8 Å². The molecule has 6 nitrogen and oxygen atoms in total. The second-order valence-corrected chi connectivity index (χ2v) is 6.83. The van der Waals surface area contributed by atoms with Crippen molar-refractivity contribution in [1.82, 2.24) is 15.0 Å². The van der Waals surface area contributed by atoms with Crippen LogP contribution < -0.4 is 4.74 Å². The number of hydrogen-bond acceptors (Lipinski definition) is 5. The van der Waals surface area contributed by atoms with Crippen molar-refractivity contribution in [2.24, 2.45) is 0 Å². The highest BCUT2D eigenvalue weighted by molar-refractivity contribution is 7.84. The van der Waals surface area contributed by atoms with Gasteiger partial charge in [-0.25, -0.2) is 4.98 Å². The summed E-state index contributed by atoms with van der Waals surface area (Å²) in [6.45, 7) is 1.95. The molecule has 3 heterocycles. The molecule has 0 radical (unpaired) electrons. The number of benzene rings is 1. The van der Waals surface area contributed by atoms with Crippen LogP contribution in [0.1, 0.15) is 11.3 Å². The molecule has 0 fully saturated rings. The van der Waals surface area contributed by atoms with Crippen molar-refractivity contribution in [3.05, 3.63) is 48.0 Å². The molecule has 0 bridgehead atoms. The van der Waals surface area contributed by atoms with Gasteiger partial charge in [0.15, 0.2) is 5.16 Å². The van der Waals surface area contributed by atoms with Gasteiger partial charge in [0.05, 0.1) is 46.7 Å². The molecule has 1 N–H and O–H groups in total. The van der Waals surface area contributed by atoms with E-state index >= 15 is 0 Å². The van der Waals surface area contributed by atoms with Crippen molar-refractivity contribution < 1.29 is 13.4 Å². The lowest BCUT2D eigenvalue weighted by Crippen LogP contribution is -2.01. The number of nitrogens with one attached hydrogen (secondary N) is 1. The molecule has 1 atom stereocenters. The predicted octanol–water partition coefficient (Wildman–Crippen LogP) is 3.33. The molecule has 3 aromatic heterocycles. The molecule has 0 saturated carbocycles. The van der Waals surface area contributed by atoms with Gasteiger partial charge in [-0.05, 0) is 30.7 Å². The van der Waals surface area contributed by atoms with Crippen LogP contribution in [0.4, 0.5) is 0 Å². The van der Waals surface area contributed by atoms with Crippen LogP contribution in [0.15, 0.2) is 46.3 Å². The third-order valence-corrected chi connectivity index (χ3v) is 5.06. The van der Waals surface area contributed by atoms with Gasteiger partial charge in [0.1, 0.15) is 11.3 Å². The minimum atomic E-state index is -1.34. The molecule has 122 valence electrons. The molecular weight excluding hydrogens is 326 g/mol. The monoisotopic (exact) mass is 341 g/mol. The van der Waals surface area contributed by atoms with Gasteiger partial charge in [0.2, 0.25) is 0 Å². The fourth-order valence-corrected chi connectivity index (χ4v) is 3.75. The summed E-state index contributed by atoms with van der Waals surface area (Å²) >= 11 is 0. The largest absolute Gasteiger partial charge is 0.497 e. The lowest BCUT2D eigenvalue weighted by atomic mass is 10.2. The number of fused-ring (bicyclic) bond motifs is 2. The minimum absolute atomic E-state index is 0.272. The number of methoxy groups -OCH3 is 1. The van der Waals surface area contributed by atoms with E-state index in [1.807, 2.05) is 31.2 Å². The Bertz CT molecular complexity index is 1070. The molecule has 4 rings (SSSR count). The first-order valence-electron chi connectivity index (χ1n) is 7.39. The summed E-state index contributed by atoms with van der Waals surface area (Å²) < 4.78 is 23.4. The Morgan fingerprint density at radius 1 is 1.33 bits per heavy atom. The van der Waals surface area contributed by atoms with Crippen molar-refractivity contribution in [2.75, 3.05) is 7.11 Å². The predicted molar refractivity (Wildman–Crippen MR) is 91.5 cm³/mol. The van der Waals surface area contributed by atoms with Gasteiger partial charge in [-0.2, -0.15) is 0 Å². The standard InChI is InChI=1S/C17H15N3O3S/c1-10-8-23-15-5-6-18-14(16(10)15)9-24(21)17-19-12-4-3-11(22-2)7-13(12)20-17/h3-8H,9H2,1-2H3,(H,19,20). The highest BCUT2D eigenvalue weighted by Gasteiger charge is 2.16. The summed E-state index contributed by atoms with van der Waals surface area (Å²) in [6.07, 6.45) is 3.35. The highest BCUT2D eigenvalue weighted by Crippen LogP contribution is 2.25. The minimum Gasteiger partial charge on any atom is -0.497 e. The van der Waals surface area contributed by atoms with Gasteiger partial charge in [-0.3, -0.25) is 9.19 Å². The van der Waals surface area contributed by atoms with Crippen molar-refractivity contribution in [3.63, 3.8) is 0 Å². The average Bonchev–Trinajstić information content (AvgIpc) is 3.18. The lowest BCUT2D eigenvalue weighted by Gasteiger charge is -2.01. The molecule has 0 saturated heterocycles. The van der Waals surface area contributed by atoms with Crippen molar-refractivity contribution in [1.29, 1.82) is 0 Å². The van der Waals surface area contributed by atoms with Crippen LogP contribution in [-0.4, -0.2) is 26.3 Å². The van der Waals surface area contributed by atoms with Crippen LogP contribution in [-0.2, 0) is 16.6 Å². The SMILES string of the molecule is COc1ccc2nc(S(=O)Cc3nccc4occ(C)c34)[nH]c2c1. The number of nitrogens with zero attached hydrogens (tertiary/aromatic N) is 2. The third kappa shape index (κ3) is 2.46. The van der Waals surface area contributed by atoms with Crippen LogP contribution in [0.3, 0.4) is 0 Å². The summed E-state index contributed by atoms with van der Waals surface area (Å²) in [6, 6.07) is 7.31. The second-order valence-electron chi connectivity index (χ2n) is 5.46. The van der Waals surface area contributed by atoms with Crippen LogP contribution in [0, 0.1) is 6.92 Å². The van der Waals surface area contributed by atoms with Gasteiger partial charge >= 0.3 is 0 Å². The Hall–Kier alpha value is -2.67. The lowest BCUT2D eigenvalue weighted by molar-refractivity contribution is 0.415. The van der Waals surface area contributed by atoms with E-state index in [1.165, 1.54) is 0 Å². The Morgan fingerprint density at radius 3 is 3.04 bits per heavy atom. The summed E-state index contributed by atoms with van der Waals surface area (Å²) in [4.78, 5) is 11.9. The van der Waals surface area contributed by atoms with E-state index in [0.717, 1.165) is 39.0 Å². The Labute approximate surface area is 140 Å². The van der Waals surface area contributed by atoms with Crippen LogP contribution in [0.5, 0.6) is 5.75 Å². The molecule has 1 aromatic carbocycles. The maximum absolute atomic E-state index is 12.7. The normalized spacial score (nSPS) is 12.8. The van der Waals surface area contributed by atoms with Gasteiger partial charge in [0, 0.05) is 17.6 Å². The zero-order valence-electron chi connectivity index (χ0n) is 13.2. The fraction of sp³-hybridized carbons (Fsp3) is 0.176. The molecule has 24 heavy (non-hydrogen) atoms. The van der Waals surface area contributed by atoms with Crippen LogP contribution in [0.25, 0.3) is 22.0 Å². The number of furan rings is 1.